The third-order valence-corrected chi connectivity index (χ3v) is 5.14. The van der Waals surface area contributed by atoms with E-state index in [4.69, 9.17) is 5.73 Å². The fourth-order valence-corrected chi connectivity index (χ4v) is 3.75. The van der Waals surface area contributed by atoms with Crippen LogP contribution in [-0.4, -0.2) is 29.3 Å². The first-order chi connectivity index (χ1) is 10.8. The van der Waals surface area contributed by atoms with Crippen molar-refractivity contribution in [3.8, 4) is 10.6 Å². The van der Waals surface area contributed by atoms with Gasteiger partial charge in [0.05, 0.1) is 4.88 Å². The van der Waals surface area contributed by atoms with Crippen molar-refractivity contribution < 1.29 is 0 Å². The van der Waals surface area contributed by atoms with Gasteiger partial charge in [-0.05, 0) is 24.3 Å². The second-order valence-corrected chi connectivity index (χ2v) is 6.67. The van der Waals surface area contributed by atoms with Crippen molar-refractivity contribution >= 4 is 27.9 Å². The molecule has 0 unspecified atom stereocenters. The molecule has 1 aromatic carbocycles. The molecule has 2 aromatic heterocycles. The minimum Gasteiger partial charge on any atom is -0.354 e. The molecule has 1 aliphatic heterocycles. The number of rotatable bonds is 2. The maximum Gasteiger partial charge on any atom is 0.159 e. The van der Waals surface area contributed by atoms with Crippen molar-refractivity contribution in [3.63, 3.8) is 0 Å². The van der Waals surface area contributed by atoms with Crippen molar-refractivity contribution in [3.05, 3.63) is 41.8 Å². The van der Waals surface area contributed by atoms with Crippen LogP contribution in [0.1, 0.15) is 12.8 Å². The first-order valence-electron chi connectivity index (χ1n) is 7.63. The SMILES string of the molecule is NC1CCN(c2nnc(-c3cccs3)c3ccccc23)CC1. The average molecular weight is 310 g/mol. The molecular weight excluding hydrogens is 292 g/mol. The monoisotopic (exact) mass is 310 g/mol. The summed E-state index contributed by atoms with van der Waals surface area (Å²) < 4.78 is 0. The minimum absolute atomic E-state index is 0.320. The Kier molecular flexibility index (Phi) is 3.52. The lowest BCUT2D eigenvalue weighted by Crippen LogP contribution is -2.40. The van der Waals surface area contributed by atoms with E-state index >= 15 is 0 Å². The van der Waals surface area contributed by atoms with Crippen molar-refractivity contribution in [2.45, 2.75) is 18.9 Å². The number of anilines is 1. The highest BCUT2D eigenvalue weighted by molar-refractivity contribution is 7.13. The van der Waals surface area contributed by atoms with Crippen LogP contribution in [0.15, 0.2) is 41.8 Å². The summed E-state index contributed by atoms with van der Waals surface area (Å²) in [6, 6.07) is 12.9. The summed E-state index contributed by atoms with van der Waals surface area (Å²) in [5.41, 5.74) is 6.99. The molecule has 0 amide bonds. The number of hydrogen-bond donors (Lipinski definition) is 1. The van der Waals surface area contributed by atoms with Crippen LogP contribution in [0.25, 0.3) is 21.3 Å². The van der Waals surface area contributed by atoms with Gasteiger partial charge in [0.15, 0.2) is 5.82 Å². The summed E-state index contributed by atoms with van der Waals surface area (Å²) in [6.07, 6.45) is 2.03. The zero-order valence-corrected chi connectivity index (χ0v) is 13.1. The van der Waals surface area contributed by atoms with E-state index in [9.17, 15) is 0 Å². The van der Waals surface area contributed by atoms with Gasteiger partial charge in [-0.15, -0.1) is 21.5 Å². The first-order valence-corrected chi connectivity index (χ1v) is 8.51. The molecule has 0 spiro atoms. The topological polar surface area (TPSA) is 55.0 Å². The van der Waals surface area contributed by atoms with Gasteiger partial charge in [0.2, 0.25) is 0 Å². The Labute approximate surface area is 133 Å². The second-order valence-electron chi connectivity index (χ2n) is 5.72. The summed E-state index contributed by atoms with van der Waals surface area (Å²) in [5, 5.41) is 13.5. The molecule has 5 heteroatoms. The minimum atomic E-state index is 0.320. The zero-order valence-electron chi connectivity index (χ0n) is 12.3. The molecule has 1 aliphatic rings. The highest BCUT2D eigenvalue weighted by Gasteiger charge is 2.20. The molecule has 3 heterocycles. The average Bonchev–Trinajstić information content (AvgIpc) is 3.09. The van der Waals surface area contributed by atoms with Crippen molar-refractivity contribution in [2.24, 2.45) is 5.73 Å². The standard InChI is InChI=1S/C17H18N4S/c18-12-7-9-21(10-8-12)17-14-5-2-1-4-13(14)16(19-20-17)15-6-3-11-22-15/h1-6,11-12H,7-10,18H2. The van der Waals surface area contributed by atoms with Gasteiger partial charge in [0, 0.05) is 29.9 Å². The molecule has 1 saturated heterocycles. The van der Waals surface area contributed by atoms with Crippen molar-refractivity contribution in [2.75, 3.05) is 18.0 Å². The van der Waals surface area contributed by atoms with Gasteiger partial charge in [-0.1, -0.05) is 30.3 Å². The molecule has 112 valence electrons. The van der Waals surface area contributed by atoms with Crippen LogP contribution in [0.2, 0.25) is 0 Å². The zero-order chi connectivity index (χ0) is 14.9. The summed E-state index contributed by atoms with van der Waals surface area (Å²) >= 11 is 1.70. The summed E-state index contributed by atoms with van der Waals surface area (Å²) in [4.78, 5) is 3.48. The number of thiophene rings is 1. The molecule has 4 rings (SSSR count). The van der Waals surface area contributed by atoms with Crippen molar-refractivity contribution in [1.82, 2.24) is 10.2 Å². The van der Waals surface area contributed by atoms with E-state index in [1.54, 1.807) is 11.3 Å². The Bertz CT molecular complexity index is 776. The second kappa shape index (κ2) is 5.66. The van der Waals surface area contributed by atoms with Crippen LogP contribution in [0.5, 0.6) is 0 Å². The van der Waals surface area contributed by atoms with Crippen LogP contribution >= 0.6 is 11.3 Å². The Morgan fingerprint density at radius 1 is 1.00 bits per heavy atom. The van der Waals surface area contributed by atoms with Gasteiger partial charge in [-0.25, -0.2) is 0 Å². The van der Waals surface area contributed by atoms with Gasteiger partial charge < -0.3 is 10.6 Å². The van der Waals surface area contributed by atoms with Gasteiger partial charge in [-0.2, -0.15) is 0 Å². The quantitative estimate of drug-likeness (QED) is 0.789. The van der Waals surface area contributed by atoms with Crippen molar-refractivity contribution in [1.29, 1.82) is 0 Å². The van der Waals surface area contributed by atoms with Crippen LogP contribution in [0.3, 0.4) is 0 Å². The highest BCUT2D eigenvalue weighted by Crippen LogP contribution is 2.33. The van der Waals surface area contributed by atoms with E-state index in [0.717, 1.165) is 42.3 Å². The number of nitrogens with two attached hydrogens (primary N) is 1. The molecule has 22 heavy (non-hydrogen) atoms. The Morgan fingerprint density at radius 3 is 2.50 bits per heavy atom. The smallest absolute Gasteiger partial charge is 0.159 e. The van der Waals surface area contributed by atoms with Gasteiger partial charge in [0.1, 0.15) is 5.69 Å². The number of aromatic nitrogens is 2. The van der Waals surface area contributed by atoms with Crippen LogP contribution in [0, 0.1) is 0 Å². The molecule has 0 saturated carbocycles. The number of hydrogen-bond acceptors (Lipinski definition) is 5. The molecular formula is C17H18N4S. The summed E-state index contributed by atoms with van der Waals surface area (Å²) in [5.74, 6) is 0.989. The van der Waals surface area contributed by atoms with E-state index in [-0.39, 0.29) is 0 Å². The largest absolute Gasteiger partial charge is 0.354 e. The molecule has 0 bridgehead atoms. The number of nitrogens with zero attached hydrogens (tertiary/aromatic N) is 3. The lowest BCUT2D eigenvalue weighted by atomic mass is 10.0. The molecule has 4 nitrogen and oxygen atoms in total. The maximum absolute atomic E-state index is 6.01. The highest BCUT2D eigenvalue weighted by atomic mass is 32.1. The fraction of sp³-hybridized carbons (Fsp3) is 0.294. The summed E-state index contributed by atoms with van der Waals surface area (Å²) in [7, 11) is 0. The van der Waals surface area contributed by atoms with E-state index in [1.165, 1.54) is 10.8 Å². The molecule has 2 N–H and O–H groups in total. The Hall–Kier alpha value is -1.98. The van der Waals surface area contributed by atoms with E-state index in [0.29, 0.717) is 6.04 Å². The van der Waals surface area contributed by atoms with Gasteiger partial charge in [-0.3, -0.25) is 0 Å². The van der Waals surface area contributed by atoms with Crippen LogP contribution in [-0.2, 0) is 0 Å². The molecule has 0 aliphatic carbocycles. The third kappa shape index (κ3) is 2.36. The molecule has 0 radical (unpaired) electrons. The molecule has 1 fully saturated rings. The van der Waals surface area contributed by atoms with Crippen LogP contribution < -0.4 is 10.6 Å². The first kappa shape index (κ1) is 13.7. The Balaban J connectivity index is 1.83. The maximum atomic E-state index is 6.01. The number of benzene rings is 1. The van der Waals surface area contributed by atoms with E-state index < -0.39 is 0 Å². The number of fused-ring (bicyclic) bond motifs is 1. The number of piperidine rings is 1. The van der Waals surface area contributed by atoms with E-state index in [2.05, 4.69) is 56.9 Å². The molecule has 0 atom stereocenters. The van der Waals surface area contributed by atoms with Crippen LogP contribution in [0.4, 0.5) is 5.82 Å². The normalized spacial score (nSPS) is 16.3. The molecule has 3 aromatic rings. The third-order valence-electron chi connectivity index (χ3n) is 4.26. The van der Waals surface area contributed by atoms with E-state index in [1.807, 2.05) is 0 Å². The lowest BCUT2D eigenvalue weighted by Gasteiger charge is -2.31. The van der Waals surface area contributed by atoms with Gasteiger partial charge in [0.25, 0.3) is 0 Å². The summed E-state index contributed by atoms with van der Waals surface area (Å²) in [6.45, 7) is 1.91. The lowest BCUT2D eigenvalue weighted by molar-refractivity contribution is 0.498. The Morgan fingerprint density at radius 2 is 1.77 bits per heavy atom. The predicted octanol–water partition coefficient (Wildman–Crippen LogP) is 3.29. The fourth-order valence-electron chi connectivity index (χ4n) is 3.03. The predicted molar refractivity (Wildman–Crippen MR) is 92.3 cm³/mol. The van der Waals surface area contributed by atoms with Gasteiger partial charge >= 0.3 is 0 Å².